The molecule has 0 atom stereocenters. The van der Waals surface area contributed by atoms with E-state index >= 15 is 0 Å². The minimum absolute atomic E-state index is 0.0417. The van der Waals surface area contributed by atoms with Crippen molar-refractivity contribution >= 4 is 28.6 Å². The van der Waals surface area contributed by atoms with Crippen molar-refractivity contribution in [3.8, 4) is 0 Å². The maximum absolute atomic E-state index is 12.0. The van der Waals surface area contributed by atoms with Crippen LogP contribution in [0.3, 0.4) is 0 Å². The average molecular weight is 247 g/mol. The van der Waals surface area contributed by atoms with E-state index in [0.29, 0.717) is 16.9 Å². The normalized spacial score (nSPS) is 16.4. The van der Waals surface area contributed by atoms with Crippen molar-refractivity contribution in [3.63, 3.8) is 0 Å². The number of rotatable bonds is 1. The van der Waals surface area contributed by atoms with Gasteiger partial charge in [0.25, 0.3) is 0 Å². The molecule has 0 bridgehead atoms. The summed E-state index contributed by atoms with van der Waals surface area (Å²) >= 11 is 1.94. The number of benzene rings is 1. The molecule has 1 aliphatic heterocycles. The van der Waals surface area contributed by atoms with E-state index in [9.17, 15) is 4.79 Å². The first kappa shape index (κ1) is 10.7. The van der Waals surface area contributed by atoms with Gasteiger partial charge in [-0.1, -0.05) is 12.1 Å². The zero-order valence-corrected chi connectivity index (χ0v) is 10.2. The molecule has 0 spiro atoms. The van der Waals surface area contributed by atoms with Gasteiger partial charge in [0, 0.05) is 30.7 Å². The lowest BCUT2D eigenvalue weighted by atomic mass is 10.2. The highest BCUT2D eigenvalue weighted by molar-refractivity contribution is 7.99. The van der Waals surface area contributed by atoms with Gasteiger partial charge in [0.1, 0.15) is 5.58 Å². The Bertz CT molecular complexity index is 587. The Hall–Kier alpha value is -1.42. The molecule has 0 radical (unpaired) electrons. The fourth-order valence-corrected chi connectivity index (χ4v) is 2.93. The van der Waals surface area contributed by atoms with Gasteiger partial charge >= 0.3 is 0 Å². The third-order valence-electron chi connectivity index (χ3n) is 2.94. The standard InChI is InChI=1S/C13H13NO2S/c15-11-9-13(14-5-7-17-8-6-14)16-12-4-2-1-3-10(11)12/h1-4,9H,5-8H2. The van der Waals surface area contributed by atoms with E-state index < -0.39 is 0 Å². The lowest BCUT2D eigenvalue weighted by molar-refractivity contribution is 0.577. The quantitative estimate of drug-likeness (QED) is 0.774. The van der Waals surface area contributed by atoms with Crippen LogP contribution in [0.1, 0.15) is 0 Å². The van der Waals surface area contributed by atoms with Crippen LogP contribution in [0.2, 0.25) is 0 Å². The van der Waals surface area contributed by atoms with Crippen molar-refractivity contribution in [2.75, 3.05) is 29.5 Å². The highest BCUT2D eigenvalue weighted by atomic mass is 32.2. The minimum atomic E-state index is 0.0417. The van der Waals surface area contributed by atoms with Crippen molar-refractivity contribution in [3.05, 3.63) is 40.6 Å². The van der Waals surface area contributed by atoms with Crippen LogP contribution in [0.5, 0.6) is 0 Å². The molecule has 1 aromatic carbocycles. The van der Waals surface area contributed by atoms with Crippen LogP contribution in [0, 0.1) is 0 Å². The van der Waals surface area contributed by atoms with Crippen molar-refractivity contribution in [1.82, 2.24) is 0 Å². The lowest BCUT2D eigenvalue weighted by Crippen LogP contribution is -2.32. The summed E-state index contributed by atoms with van der Waals surface area (Å²) in [5.41, 5.74) is 0.716. The van der Waals surface area contributed by atoms with E-state index in [1.54, 1.807) is 12.1 Å². The van der Waals surface area contributed by atoms with Crippen LogP contribution < -0.4 is 10.3 Å². The topological polar surface area (TPSA) is 33.5 Å². The number of hydrogen-bond donors (Lipinski definition) is 0. The summed E-state index contributed by atoms with van der Waals surface area (Å²) < 4.78 is 5.80. The van der Waals surface area contributed by atoms with Gasteiger partial charge in [-0.3, -0.25) is 4.79 Å². The van der Waals surface area contributed by atoms with E-state index in [1.807, 2.05) is 30.0 Å². The van der Waals surface area contributed by atoms with Crippen LogP contribution in [0.4, 0.5) is 5.88 Å². The zero-order valence-electron chi connectivity index (χ0n) is 9.39. The van der Waals surface area contributed by atoms with E-state index in [2.05, 4.69) is 4.90 Å². The van der Waals surface area contributed by atoms with Crippen LogP contribution in [-0.2, 0) is 0 Å². The van der Waals surface area contributed by atoms with E-state index in [1.165, 1.54) is 0 Å². The first-order valence-corrected chi connectivity index (χ1v) is 6.86. The number of nitrogens with zero attached hydrogens (tertiary/aromatic N) is 1. The average Bonchev–Trinajstić information content (AvgIpc) is 2.40. The zero-order chi connectivity index (χ0) is 11.7. The van der Waals surface area contributed by atoms with Gasteiger partial charge in [-0.05, 0) is 12.1 Å². The summed E-state index contributed by atoms with van der Waals surface area (Å²) in [6.07, 6.45) is 0. The molecule has 0 aliphatic carbocycles. The first-order chi connectivity index (χ1) is 8.34. The number of fused-ring (bicyclic) bond motifs is 1. The SMILES string of the molecule is O=c1cc(N2CCSCC2)oc2ccccc12. The summed E-state index contributed by atoms with van der Waals surface area (Å²) in [5, 5.41) is 0.655. The molecule has 0 saturated carbocycles. The first-order valence-electron chi connectivity index (χ1n) is 5.70. The van der Waals surface area contributed by atoms with Crippen LogP contribution in [-0.4, -0.2) is 24.6 Å². The van der Waals surface area contributed by atoms with Crippen LogP contribution in [0.25, 0.3) is 11.0 Å². The predicted octanol–water partition coefficient (Wildman–Crippen LogP) is 2.35. The van der Waals surface area contributed by atoms with Gasteiger partial charge in [-0.25, -0.2) is 0 Å². The molecule has 3 rings (SSSR count). The fraction of sp³-hybridized carbons (Fsp3) is 0.308. The number of thioether (sulfide) groups is 1. The van der Waals surface area contributed by atoms with Gasteiger partial charge in [0.05, 0.1) is 5.39 Å². The minimum Gasteiger partial charge on any atom is -0.440 e. The molecule has 1 aromatic heterocycles. The predicted molar refractivity (Wildman–Crippen MR) is 72.0 cm³/mol. The molecule has 2 heterocycles. The summed E-state index contributed by atoms with van der Waals surface area (Å²) in [7, 11) is 0. The second-order valence-corrected chi connectivity index (χ2v) is 5.27. The largest absolute Gasteiger partial charge is 0.440 e. The molecular weight excluding hydrogens is 234 g/mol. The van der Waals surface area contributed by atoms with E-state index in [0.717, 1.165) is 24.6 Å². The van der Waals surface area contributed by atoms with Gasteiger partial charge in [-0.2, -0.15) is 11.8 Å². The second-order valence-electron chi connectivity index (χ2n) is 4.04. The van der Waals surface area contributed by atoms with Crippen LogP contribution in [0.15, 0.2) is 39.5 Å². The van der Waals surface area contributed by atoms with Gasteiger partial charge in [0.2, 0.25) is 0 Å². The molecule has 1 aliphatic rings. The van der Waals surface area contributed by atoms with E-state index in [-0.39, 0.29) is 5.43 Å². The molecule has 3 nitrogen and oxygen atoms in total. The smallest absolute Gasteiger partial charge is 0.200 e. The lowest BCUT2D eigenvalue weighted by Gasteiger charge is -2.26. The molecule has 17 heavy (non-hydrogen) atoms. The molecule has 1 fully saturated rings. The Morgan fingerprint density at radius 1 is 1.18 bits per heavy atom. The van der Waals surface area contributed by atoms with Crippen molar-refractivity contribution in [2.24, 2.45) is 0 Å². The maximum atomic E-state index is 12.0. The Labute approximate surface area is 103 Å². The summed E-state index contributed by atoms with van der Waals surface area (Å²) in [6, 6.07) is 9.01. The summed E-state index contributed by atoms with van der Waals surface area (Å²) in [6.45, 7) is 1.90. The third kappa shape index (κ3) is 2.05. The molecule has 4 heteroatoms. The highest BCUT2D eigenvalue weighted by Gasteiger charge is 2.14. The maximum Gasteiger partial charge on any atom is 0.200 e. The van der Waals surface area contributed by atoms with Crippen molar-refractivity contribution < 1.29 is 4.42 Å². The molecule has 88 valence electrons. The second kappa shape index (κ2) is 4.45. The Balaban J connectivity index is 2.08. The Kier molecular flexibility index (Phi) is 2.81. The van der Waals surface area contributed by atoms with Crippen molar-refractivity contribution in [2.45, 2.75) is 0 Å². The van der Waals surface area contributed by atoms with Crippen molar-refractivity contribution in [1.29, 1.82) is 0 Å². The monoisotopic (exact) mass is 247 g/mol. The van der Waals surface area contributed by atoms with Gasteiger partial charge in [-0.15, -0.1) is 0 Å². The third-order valence-corrected chi connectivity index (χ3v) is 3.89. The van der Waals surface area contributed by atoms with Crippen LogP contribution >= 0.6 is 11.8 Å². The molecular formula is C13H13NO2S. The molecule has 0 unspecified atom stereocenters. The molecule has 1 saturated heterocycles. The number of hydrogen-bond acceptors (Lipinski definition) is 4. The molecule has 0 amide bonds. The molecule has 0 N–H and O–H groups in total. The van der Waals surface area contributed by atoms with Gasteiger partial charge in [0.15, 0.2) is 11.3 Å². The Morgan fingerprint density at radius 3 is 2.76 bits per heavy atom. The molecule has 2 aromatic rings. The Morgan fingerprint density at radius 2 is 1.94 bits per heavy atom. The summed E-state index contributed by atoms with van der Waals surface area (Å²) in [4.78, 5) is 14.1. The van der Waals surface area contributed by atoms with Gasteiger partial charge < -0.3 is 9.32 Å². The fourth-order valence-electron chi connectivity index (χ4n) is 2.03. The number of anilines is 1. The summed E-state index contributed by atoms with van der Waals surface area (Å²) in [5.74, 6) is 2.89. The highest BCUT2D eigenvalue weighted by Crippen LogP contribution is 2.21. The van der Waals surface area contributed by atoms with E-state index in [4.69, 9.17) is 4.42 Å². The number of para-hydroxylation sites is 1.